The summed E-state index contributed by atoms with van der Waals surface area (Å²) in [5.74, 6) is -1.45. The van der Waals surface area contributed by atoms with Crippen molar-refractivity contribution in [2.75, 3.05) is 21.3 Å². The van der Waals surface area contributed by atoms with Crippen molar-refractivity contribution in [3.8, 4) is 0 Å². The van der Waals surface area contributed by atoms with Crippen LogP contribution in [0.25, 0.3) is 0 Å². The number of ether oxygens (including phenoxy) is 2. The fraction of sp³-hybridized carbons (Fsp3) is 0.316. The number of rotatable bonds is 6. The molecule has 2 rings (SSSR count). The number of likely N-dealkylation sites (N-methyl/N-ethyl adjacent to an activating group) is 1. The molecule has 1 atom stereocenters. The Bertz CT molecular complexity index is 991. The summed E-state index contributed by atoms with van der Waals surface area (Å²) >= 11 is 0. The standard InChI is InChI=1S/C19H22N2O6S/c1-13-9-10-14(12-15(13)17(22)26-4)28(24,25)21(3)19(2,18(23)27-5)16-8-6-7-11-20-16/h6-12H,1-5H3/t19-/m1/s1. The molecule has 8 nitrogen and oxygen atoms in total. The van der Waals surface area contributed by atoms with Crippen molar-refractivity contribution in [3.05, 3.63) is 59.4 Å². The van der Waals surface area contributed by atoms with Gasteiger partial charge in [-0.25, -0.2) is 18.0 Å². The molecule has 0 radical (unpaired) electrons. The maximum atomic E-state index is 13.3. The third-order valence-electron chi connectivity index (χ3n) is 4.65. The Balaban J connectivity index is 2.63. The average Bonchev–Trinajstić information content (AvgIpc) is 2.72. The molecular weight excluding hydrogens is 384 g/mol. The number of methoxy groups -OCH3 is 2. The summed E-state index contributed by atoms with van der Waals surface area (Å²) in [6, 6.07) is 8.93. The summed E-state index contributed by atoms with van der Waals surface area (Å²) in [4.78, 5) is 28.5. The Morgan fingerprint density at radius 3 is 2.32 bits per heavy atom. The summed E-state index contributed by atoms with van der Waals surface area (Å²) in [5, 5.41) is 0. The van der Waals surface area contributed by atoms with E-state index in [0.717, 1.165) is 4.31 Å². The summed E-state index contributed by atoms with van der Waals surface area (Å²) in [7, 11) is -0.549. The largest absolute Gasteiger partial charge is 0.467 e. The molecule has 150 valence electrons. The van der Waals surface area contributed by atoms with Crippen molar-refractivity contribution in [2.24, 2.45) is 0 Å². The molecule has 1 aromatic carbocycles. The molecule has 28 heavy (non-hydrogen) atoms. The van der Waals surface area contributed by atoms with E-state index >= 15 is 0 Å². The number of sulfonamides is 1. The number of aromatic nitrogens is 1. The number of benzene rings is 1. The Morgan fingerprint density at radius 2 is 1.79 bits per heavy atom. The predicted octanol–water partition coefficient (Wildman–Crippen LogP) is 1.89. The Kier molecular flexibility index (Phi) is 6.20. The highest BCUT2D eigenvalue weighted by Gasteiger charge is 2.47. The van der Waals surface area contributed by atoms with Crippen LogP contribution in [0.2, 0.25) is 0 Å². The highest BCUT2D eigenvalue weighted by molar-refractivity contribution is 7.89. The second-order valence-corrected chi connectivity index (χ2v) is 8.19. The molecule has 0 N–H and O–H groups in total. The van der Waals surface area contributed by atoms with Crippen molar-refractivity contribution in [3.63, 3.8) is 0 Å². The zero-order chi connectivity index (χ0) is 21.1. The fourth-order valence-electron chi connectivity index (χ4n) is 2.73. The van der Waals surface area contributed by atoms with E-state index in [1.54, 1.807) is 19.1 Å². The number of carbonyl (C=O) groups is 2. The quantitative estimate of drug-likeness (QED) is 0.675. The SMILES string of the molecule is COC(=O)c1cc(S(=O)(=O)N(C)[C@@](C)(C(=O)OC)c2ccccn2)ccc1C. The van der Waals surface area contributed by atoms with E-state index < -0.39 is 27.5 Å². The van der Waals surface area contributed by atoms with Gasteiger partial charge in [-0.3, -0.25) is 4.98 Å². The van der Waals surface area contributed by atoms with E-state index in [9.17, 15) is 18.0 Å². The Morgan fingerprint density at radius 1 is 1.11 bits per heavy atom. The van der Waals surface area contributed by atoms with Crippen LogP contribution in [0.1, 0.15) is 28.5 Å². The van der Waals surface area contributed by atoms with Gasteiger partial charge in [0, 0.05) is 13.2 Å². The van der Waals surface area contributed by atoms with Gasteiger partial charge in [0.1, 0.15) is 0 Å². The van der Waals surface area contributed by atoms with Gasteiger partial charge < -0.3 is 9.47 Å². The summed E-state index contributed by atoms with van der Waals surface area (Å²) in [6.07, 6.45) is 1.46. The van der Waals surface area contributed by atoms with Crippen LogP contribution in [0.4, 0.5) is 0 Å². The number of carbonyl (C=O) groups excluding carboxylic acids is 2. The van der Waals surface area contributed by atoms with Crippen molar-refractivity contribution in [1.29, 1.82) is 0 Å². The lowest BCUT2D eigenvalue weighted by molar-refractivity contribution is -0.151. The third-order valence-corrected chi connectivity index (χ3v) is 6.58. The normalized spacial score (nSPS) is 13.6. The maximum absolute atomic E-state index is 13.3. The van der Waals surface area contributed by atoms with Gasteiger partial charge in [-0.15, -0.1) is 0 Å². The van der Waals surface area contributed by atoms with Gasteiger partial charge in [0.25, 0.3) is 0 Å². The van der Waals surface area contributed by atoms with Crippen LogP contribution in [0.3, 0.4) is 0 Å². The van der Waals surface area contributed by atoms with E-state index in [1.165, 1.54) is 58.7 Å². The highest BCUT2D eigenvalue weighted by Crippen LogP contribution is 2.32. The van der Waals surface area contributed by atoms with Gasteiger partial charge >= 0.3 is 11.9 Å². The van der Waals surface area contributed by atoms with Crippen molar-refractivity contribution < 1.29 is 27.5 Å². The molecular formula is C19H22N2O6S. The molecule has 0 spiro atoms. The molecule has 2 aromatic rings. The summed E-state index contributed by atoms with van der Waals surface area (Å²) in [6.45, 7) is 3.08. The van der Waals surface area contributed by atoms with Gasteiger partial charge in [-0.2, -0.15) is 4.31 Å². The molecule has 0 unspecified atom stereocenters. The van der Waals surface area contributed by atoms with Gasteiger partial charge in [-0.1, -0.05) is 12.1 Å². The van der Waals surface area contributed by atoms with Gasteiger partial charge in [0.2, 0.25) is 10.0 Å². The first-order valence-corrected chi connectivity index (χ1v) is 9.72. The van der Waals surface area contributed by atoms with Crippen LogP contribution in [0.5, 0.6) is 0 Å². The van der Waals surface area contributed by atoms with Crippen LogP contribution in [0, 0.1) is 6.92 Å². The molecule has 0 aliphatic heterocycles. The minimum atomic E-state index is -4.20. The Labute approximate surface area is 164 Å². The van der Waals surface area contributed by atoms with Gasteiger partial charge in [0.05, 0.1) is 30.4 Å². The van der Waals surface area contributed by atoms with Crippen molar-refractivity contribution in [2.45, 2.75) is 24.3 Å². The second kappa shape index (κ2) is 8.07. The van der Waals surface area contributed by atoms with E-state index in [2.05, 4.69) is 4.98 Å². The van der Waals surface area contributed by atoms with E-state index in [1.807, 2.05) is 0 Å². The maximum Gasteiger partial charge on any atom is 0.338 e. The van der Waals surface area contributed by atoms with E-state index in [-0.39, 0.29) is 16.2 Å². The lowest BCUT2D eigenvalue weighted by Gasteiger charge is -2.34. The topological polar surface area (TPSA) is 103 Å². The molecule has 9 heteroatoms. The van der Waals surface area contributed by atoms with Crippen LogP contribution in [-0.2, 0) is 29.8 Å². The molecule has 0 aliphatic rings. The second-order valence-electron chi connectivity index (χ2n) is 6.22. The van der Waals surface area contributed by atoms with E-state index in [0.29, 0.717) is 5.56 Å². The van der Waals surface area contributed by atoms with Crippen molar-refractivity contribution >= 4 is 22.0 Å². The average molecular weight is 406 g/mol. The molecule has 0 saturated heterocycles. The first-order valence-electron chi connectivity index (χ1n) is 8.28. The Hall–Kier alpha value is -2.78. The smallest absolute Gasteiger partial charge is 0.338 e. The van der Waals surface area contributed by atoms with Gasteiger partial charge in [-0.05, 0) is 43.7 Å². The number of hydrogen-bond donors (Lipinski definition) is 0. The fourth-order valence-corrected chi connectivity index (χ4v) is 4.21. The van der Waals surface area contributed by atoms with E-state index in [4.69, 9.17) is 9.47 Å². The van der Waals surface area contributed by atoms with Crippen molar-refractivity contribution in [1.82, 2.24) is 9.29 Å². The monoisotopic (exact) mass is 406 g/mol. The first-order chi connectivity index (χ1) is 13.1. The molecule has 1 heterocycles. The minimum absolute atomic E-state index is 0.120. The number of aryl methyl sites for hydroxylation is 1. The number of esters is 2. The molecule has 0 amide bonds. The lowest BCUT2D eigenvalue weighted by atomic mass is 9.97. The van der Waals surface area contributed by atoms with Crippen LogP contribution >= 0.6 is 0 Å². The molecule has 0 fully saturated rings. The number of nitrogens with zero attached hydrogens (tertiary/aromatic N) is 2. The summed E-state index contributed by atoms with van der Waals surface area (Å²) in [5.41, 5.74) is -0.831. The zero-order valence-electron chi connectivity index (χ0n) is 16.3. The predicted molar refractivity (Wildman–Crippen MR) is 101 cm³/mol. The minimum Gasteiger partial charge on any atom is -0.467 e. The lowest BCUT2D eigenvalue weighted by Crippen LogP contribution is -2.51. The number of pyridine rings is 1. The highest BCUT2D eigenvalue weighted by atomic mass is 32.2. The first kappa shape index (κ1) is 21.5. The van der Waals surface area contributed by atoms with Crippen LogP contribution < -0.4 is 0 Å². The number of hydrogen-bond acceptors (Lipinski definition) is 7. The third kappa shape index (κ3) is 3.63. The molecule has 0 aliphatic carbocycles. The van der Waals surface area contributed by atoms with Crippen LogP contribution in [0.15, 0.2) is 47.5 Å². The summed E-state index contributed by atoms with van der Waals surface area (Å²) < 4.78 is 37.0. The molecule has 1 aromatic heterocycles. The van der Waals surface area contributed by atoms with Gasteiger partial charge in [0.15, 0.2) is 5.54 Å². The van der Waals surface area contributed by atoms with Crippen LogP contribution in [-0.4, -0.2) is 50.9 Å². The molecule has 0 saturated carbocycles. The zero-order valence-corrected chi connectivity index (χ0v) is 17.1. The molecule has 0 bridgehead atoms.